The van der Waals surface area contributed by atoms with Crippen LogP contribution in [0.2, 0.25) is 0 Å². The molecular formula is C11H26N3O8PPt. The van der Waals surface area contributed by atoms with E-state index in [2.05, 4.69) is 9.57 Å². The van der Waals surface area contributed by atoms with Crippen molar-refractivity contribution in [2.45, 2.75) is 32.1 Å². The molecule has 0 amide bonds. The molecule has 13 heteroatoms. The first-order valence-corrected chi connectivity index (χ1v) is 7.62. The van der Waals surface area contributed by atoms with Gasteiger partial charge in [0.2, 0.25) is 0 Å². The largest absolute Gasteiger partial charge is 2.00 e. The maximum atomic E-state index is 10.6. The summed E-state index contributed by atoms with van der Waals surface area (Å²) in [6.07, 6.45) is 4.27. The Kier molecular flexibility index (Phi) is 24.5. The maximum Gasteiger partial charge on any atom is 2.00 e. The molecule has 0 saturated carbocycles. The number of nitrogens with two attached hydrogens (primary N) is 2. The van der Waals surface area contributed by atoms with Crippen LogP contribution >= 0.6 is 8.25 Å². The predicted molar refractivity (Wildman–Crippen MR) is 82.3 cm³/mol. The first-order chi connectivity index (χ1) is 9.88. The molecule has 148 valence electrons. The van der Waals surface area contributed by atoms with Gasteiger partial charge in [0.1, 0.15) is 0 Å². The van der Waals surface area contributed by atoms with E-state index in [9.17, 15) is 9.59 Å². The zero-order valence-corrected chi connectivity index (χ0v) is 16.1. The molecule has 24 heavy (non-hydrogen) atoms. The molecule has 0 radical (unpaired) electrons. The minimum Gasteiger partial charge on any atom is -0.693 e. The van der Waals surface area contributed by atoms with E-state index in [-0.39, 0.29) is 41.2 Å². The zero-order valence-electron chi connectivity index (χ0n) is 13.0. The molecule has 1 unspecified atom stereocenters. The Morgan fingerprint density at radius 1 is 1.17 bits per heavy atom. The van der Waals surface area contributed by atoms with Crippen LogP contribution in [-0.2, 0) is 39.9 Å². The van der Waals surface area contributed by atoms with Crippen molar-refractivity contribution in [2.75, 3.05) is 19.6 Å². The van der Waals surface area contributed by atoms with Crippen molar-refractivity contribution in [1.29, 1.82) is 0 Å². The van der Waals surface area contributed by atoms with Gasteiger partial charge in [0, 0.05) is 6.10 Å². The van der Waals surface area contributed by atoms with Crippen LogP contribution in [0.4, 0.5) is 0 Å². The third-order valence-electron chi connectivity index (χ3n) is 3.08. The standard InChI is InChI=1S/C11H19NO4.2H2N.HO4P.Pt.H2/c13-10(14)9(11(15)16)5-1-2-6-12-7-3-4-8-12;;;1-4-5(2)3;;/h9H,1-8H2,(H,13,14)(H,15,16);2*1H2;1H;;1H/q;2*-1;;+2;. The quantitative estimate of drug-likeness (QED) is 0.132. The van der Waals surface area contributed by atoms with E-state index in [1.54, 1.807) is 0 Å². The van der Waals surface area contributed by atoms with E-state index in [1.807, 2.05) is 0 Å². The fourth-order valence-electron chi connectivity index (χ4n) is 2.04. The fourth-order valence-corrected chi connectivity index (χ4v) is 2.04. The Labute approximate surface area is 157 Å². The van der Waals surface area contributed by atoms with Gasteiger partial charge in [-0.3, -0.25) is 9.59 Å². The smallest absolute Gasteiger partial charge is 0.693 e. The fraction of sp³-hybridized carbons (Fsp3) is 0.818. The second kappa shape index (κ2) is 18.8. The molecule has 1 rings (SSSR count). The molecule has 11 nitrogen and oxygen atoms in total. The monoisotopic (exact) mass is 554 g/mol. The molecule has 1 aliphatic rings. The Balaban J connectivity index is -0.000000132. The minimum atomic E-state index is -3.04. The number of hydrogen-bond acceptors (Lipinski definition) is 7. The van der Waals surface area contributed by atoms with Crippen molar-refractivity contribution in [3.8, 4) is 0 Å². The van der Waals surface area contributed by atoms with Gasteiger partial charge in [0.05, 0.1) is 0 Å². The number of carbonyl (C=O) groups is 2. The molecule has 0 aromatic carbocycles. The average molecular weight is 554 g/mol. The molecule has 7 N–H and O–H groups in total. The summed E-state index contributed by atoms with van der Waals surface area (Å²) in [4.78, 5) is 32.5. The van der Waals surface area contributed by atoms with Crippen molar-refractivity contribution in [3.63, 3.8) is 0 Å². The first kappa shape index (κ1) is 31.3. The first-order valence-electron chi connectivity index (χ1n) is 6.52. The van der Waals surface area contributed by atoms with Crippen LogP contribution in [0.15, 0.2) is 0 Å². The van der Waals surface area contributed by atoms with E-state index in [0.29, 0.717) is 6.42 Å². The van der Waals surface area contributed by atoms with Crippen LogP contribution < -0.4 is 4.89 Å². The Morgan fingerprint density at radius 3 is 1.92 bits per heavy atom. The van der Waals surface area contributed by atoms with Crippen LogP contribution in [0.3, 0.4) is 0 Å². The van der Waals surface area contributed by atoms with Gasteiger partial charge in [-0.25, -0.2) is 5.26 Å². The third kappa shape index (κ3) is 16.3. The minimum absolute atomic E-state index is 0. The number of aliphatic carboxylic acids is 2. The maximum absolute atomic E-state index is 10.6. The van der Waals surface area contributed by atoms with E-state index in [0.717, 1.165) is 26.1 Å². The molecule has 1 fully saturated rings. The number of unbranched alkanes of at least 4 members (excludes halogenated alkanes) is 1. The van der Waals surface area contributed by atoms with E-state index >= 15 is 0 Å². The summed E-state index contributed by atoms with van der Waals surface area (Å²) in [7, 11) is -3.04. The van der Waals surface area contributed by atoms with Gasteiger partial charge in [-0.2, -0.15) is 0 Å². The number of carboxylic acids is 2. The number of likely N-dealkylation sites (tertiary alicyclic amines) is 1. The van der Waals surface area contributed by atoms with E-state index in [4.69, 9.17) is 24.9 Å². The van der Waals surface area contributed by atoms with Crippen molar-refractivity contribution < 1.29 is 61.7 Å². The Hall–Kier alpha value is -0.512. The topological polar surface area (TPSA) is 214 Å². The van der Waals surface area contributed by atoms with Gasteiger partial charge < -0.3 is 32.3 Å². The summed E-state index contributed by atoms with van der Waals surface area (Å²) in [5, 5.41) is 24.4. The van der Waals surface area contributed by atoms with Crippen LogP contribution in [0.25, 0.3) is 12.3 Å². The van der Waals surface area contributed by atoms with Crippen LogP contribution in [0.1, 0.15) is 33.5 Å². The summed E-state index contributed by atoms with van der Waals surface area (Å²) >= 11 is 0. The van der Waals surface area contributed by atoms with Crippen LogP contribution in [-0.4, -0.2) is 51.9 Å². The van der Waals surface area contributed by atoms with Gasteiger partial charge in [0.15, 0.2) is 5.92 Å². The number of carboxylic acid groups (broad SMARTS) is 2. The van der Waals surface area contributed by atoms with Crippen molar-refractivity contribution in [2.24, 2.45) is 5.92 Å². The number of nitrogens with zero attached hydrogens (tertiary/aromatic N) is 1. The Bertz CT molecular complexity index is 350. The summed E-state index contributed by atoms with van der Waals surface area (Å²) in [6.45, 7) is 3.22. The third-order valence-corrected chi connectivity index (χ3v) is 3.21. The Morgan fingerprint density at radius 2 is 1.58 bits per heavy atom. The second-order valence-corrected chi connectivity index (χ2v) is 5.19. The predicted octanol–water partition coefficient (Wildman–Crippen LogP) is 2.21. The molecule has 0 aliphatic carbocycles. The second-order valence-electron chi connectivity index (χ2n) is 4.58. The summed E-state index contributed by atoms with van der Waals surface area (Å²) in [5.74, 6) is -3.69. The van der Waals surface area contributed by atoms with Crippen molar-refractivity contribution in [1.82, 2.24) is 4.90 Å². The number of hydrogen-bond donors (Lipinski definition) is 3. The normalized spacial score (nSPS) is 13.5. The van der Waals surface area contributed by atoms with Gasteiger partial charge in [-0.1, -0.05) is 6.42 Å². The summed E-state index contributed by atoms with van der Waals surface area (Å²) < 4.78 is 11.6. The molecule has 0 aromatic rings. The number of rotatable bonds is 8. The molecule has 1 heterocycles. The molecule has 1 aliphatic heterocycles. The van der Waals surface area contributed by atoms with Gasteiger partial charge in [-0.15, -0.1) is 0 Å². The molecular weight excluding hydrogens is 528 g/mol. The van der Waals surface area contributed by atoms with Crippen molar-refractivity contribution >= 4 is 20.2 Å². The van der Waals surface area contributed by atoms with Gasteiger partial charge in [0.25, 0.3) is 0 Å². The summed E-state index contributed by atoms with van der Waals surface area (Å²) in [6, 6.07) is 0. The SMILES string of the molecule is O=C(O)C(CCCCN1CCCC1)C(=O)O.O=[P+]([O-])OO.[HH].[NH2-].[NH2-].[Pt+2]. The van der Waals surface area contributed by atoms with Crippen molar-refractivity contribution in [3.05, 3.63) is 12.3 Å². The molecule has 1 saturated heterocycles. The van der Waals surface area contributed by atoms with E-state index < -0.39 is 26.1 Å². The van der Waals surface area contributed by atoms with Gasteiger partial charge in [-0.05, 0) is 49.9 Å². The molecule has 0 spiro atoms. The van der Waals surface area contributed by atoms with E-state index in [1.165, 1.54) is 12.8 Å². The summed E-state index contributed by atoms with van der Waals surface area (Å²) in [5.41, 5.74) is 0. The molecule has 0 bridgehead atoms. The molecule has 0 aromatic heterocycles. The van der Waals surface area contributed by atoms with Crippen LogP contribution in [0.5, 0.6) is 0 Å². The van der Waals surface area contributed by atoms with Gasteiger partial charge >= 0.3 is 41.3 Å². The average Bonchev–Trinajstić information content (AvgIpc) is 2.91. The zero-order chi connectivity index (χ0) is 16.3. The molecule has 1 atom stereocenters. The van der Waals surface area contributed by atoms with Crippen LogP contribution in [0, 0.1) is 5.92 Å².